The summed E-state index contributed by atoms with van der Waals surface area (Å²) >= 11 is 5.75. The van der Waals surface area contributed by atoms with E-state index in [1.54, 1.807) is 0 Å². The molecule has 3 nitrogen and oxygen atoms in total. The Bertz CT molecular complexity index is 385. The largest absolute Gasteiger partial charge is 0.225 e. The van der Waals surface area contributed by atoms with Crippen molar-refractivity contribution in [1.29, 1.82) is 0 Å². The van der Waals surface area contributed by atoms with E-state index in [9.17, 15) is 0 Å². The molecule has 0 radical (unpaired) electrons. The van der Waals surface area contributed by atoms with Crippen molar-refractivity contribution in [3.05, 3.63) is 17.4 Å². The molecule has 1 aromatic heterocycles. The highest BCUT2D eigenvalue weighted by Gasteiger charge is 1.99. The van der Waals surface area contributed by atoms with Crippen LogP contribution in [-0.2, 0) is 6.42 Å². The number of aromatic nitrogens is 3. The number of rotatable bonds is 15. The number of unbranched alkanes of at least 4 members (excludes halogenated alkanes) is 13. The first-order chi connectivity index (χ1) is 11.3. The van der Waals surface area contributed by atoms with Crippen molar-refractivity contribution in [3.8, 4) is 0 Å². The molecule has 1 rings (SSSR count). The average Bonchev–Trinajstić information content (AvgIpc) is 2.55. The van der Waals surface area contributed by atoms with Crippen LogP contribution < -0.4 is 0 Å². The molecule has 0 saturated carbocycles. The molecule has 0 unspecified atom stereocenters. The zero-order valence-electron chi connectivity index (χ0n) is 14.9. The third-order valence-electron chi connectivity index (χ3n) is 4.35. The van der Waals surface area contributed by atoms with Gasteiger partial charge in [-0.05, 0) is 18.0 Å². The quantitative estimate of drug-likeness (QED) is 0.340. The predicted molar refractivity (Wildman–Crippen MR) is 98.9 cm³/mol. The molecular formula is C19H34ClN3. The fourth-order valence-corrected chi connectivity index (χ4v) is 3.05. The molecule has 0 atom stereocenters. The van der Waals surface area contributed by atoms with Crippen LogP contribution in [0.5, 0.6) is 0 Å². The van der Waals surface area contributed by atoms with Crippen LogP contribution in [-0.4, -0.2) is 15.0 Å². The van der Waals surface area contributed by atoms with Crippen LogP contribution in [0.15, 0.2) is 6.33 Å². The summed E-state index contributed by atoms with van der Waals surface area (Å²) in [6.45, 7) is 2.28. The monoisotopic (exact) mass is 339 g/mol. The van der Waals surface area contributed by atoms with E-state index in [0.29, 0.717) is 5.28 Å². The number of aryl methyl sites for hydroxylation is 1. The molecule has 0 aliphatic carbocycles. The average molecular weight is 340 g/mol. The molecule has 0 spiro atoms. The molecule has 0 saturated heterocycles. The SMILES string of the molecule is CCCCCCCCCCCCCCCCc1ncnc(Cl)n1. The Kier molecular flexibility index (Phi) is 13.1. The van der Waals surface area contributed by atoms with E-state index in [1.165, 1.54) is 89.8 Å². The fourth-order valence-electron chi connectivity index (χ4n) is 2.91. The van der Waals surface area contributed by atoms with Gasteiger partial charge in [0.1, 0.15) is 12.2 Å². The lowest BCUT2D eigenvalue weighted by Crippen LogP contribution is -1.96. The molecule has 0 bridgehead atoms. The van der Waals surface area contributed by atoms with E-state index in [2.05, 4.69) is 21.9 Å². The van der Waals surface area contributed by atoms with E-state index in [0.717, 1.165) is 18.7 Å². The van der Waals surface area contributed by atoms with Crippen molar-refractivity contribution < 1.29 is 0 Å². The van der Waals surface area contributed by atoms with Crippen LogP contribution in [0.4, 0.5) is 0 Å². The van der Waals surface area contributed by atoms with Gasteiger partial charge in [0.25, 0.3) is 0 Å². The molecule has 0 amide bonds. The molecule has 0 aliphatic heterocycles. The summed E-state index contributed by atoms with van der Waals surface area (Å²) in [5, 5.41) is 0.306. The third-order valence-corrected chi connectivity index (χ3v) is 4.53. The zero-order chi connectivity index (χ0) is 16.6. The summed E-state index contributed by atoms with van der Waals surface area (Å²) in [5.41, 5.74) is 0. The fraction of sp³-hybridized carbons (Fsp3) is 0.842. The standard InChI is InChI=1S/C19H34ClN3/c1-2-3-4-5-6-7-8-9-10-11-12-13-14-15-16-18-21-17-22-19(20)23-18/h17H,2-16H2,1H3. The second-order valence-corrected chi connectivity index (χ2v) is 6.85. The normalized spacial score (nSPS) is 11.0. The van der Waals surface area contributed by atoms with Crippen molar-refractivity contribution in [2.75, 3.05) is 0 Å². The summed E-state index contributed by atoms with van der Waals surface area (Å²) in [5.74, 6) is 0.823. The van der Waals surface area contributed by atoms with Gasteiger partial charge in [-0.3, -0.25) is 0 Å². The number of hydrogen-bond acceptors (Lipinski definition) is 3. The molecule has 1 heterocycles. The van der Waals surface area contributed by atoms with Crippen LogP contribution >= 0.6 is 11.6 Å². The lowest BCUT2D eigenvalue weighted by molar-refractivity contribution is 0.534. The summed E-state index contributed by atoms with van der Waals surface area (Å²) in [4.78, 5) is 12.0. The lowest BCUT2D eigenvalue weighted by Gasteiger charge is -2.03. The maximum absolute atomic E-state index is 5.75. The first-order valence-corrected chi connectivity index (χ1v) is 10.0. The van der Waals surface area contributed by atoms with Gasteiger partial charge in [-0.2, -0.15) is 0 Å². The van der Waals surface area contributed by atoms with Gasteiger partial charge < -0.3 is 0 Å². The van der Waals surface area contributed by atoms with Crippen LogP contribution in [0, 0.1) is 0 Å². The van der Waals surface area contributed by atoms with Crippen LogP contribution in [0.25, 0.3) is 0 Å². The van der Waals surface area contributed by atoms with Gasteiger partial charge in [0.05, 0.1) is 0 Å². The first-order valence-electron chi connectivity index (χ1n) is 9.66. The van der Waals surface area contributed by atoms with Crippen LogP contribution in [0.2, 0.25) is 5.28 Å². The maximum atomic E-state index is 5.75. The molecule has 132 valence electrons. The van der Waals surface area contributed by atoms with Crippen molar-refractivity contribution in [3.63, 3.8) is 0 Å². The highest BCUT2D eigenvalue weighted by atomic mass is 35.5. The van der Waals surface area contributed by atoms with Crippen molar-refractivity contribution in [1.82, 2.24) is 15.0 Å². The zero-order valence-corrected chi connectivity index (χ0v) is 15.7. The van der Waals surface area contributed by atoms with Crippen molar-refractivity contribution >= 4 is 11.6 Å². The first kappa shape index (κ1) is 20.3. The maximum Gasteiger partial charge on any atom is 0.225 e. The topological polar surface area (TPSA) is 38.7 Å². The third kappa shape index (κ3) is 12.4. The molecule has 23 heavy (non-hydrogen) atoms. The van der Waals surface area contributed by atoms with Crippen molar-refractivity contribution in [2.24, 2.45) is 0 Å². The van der Waals surface area contributed by atoms with E-state index >= 15 is 0 Å². The number of hydrogen-bond donors (Lipinski definition) is 0. The second kappa shape index (κ2) is 14.9. The molecule has 1 aromatic rings. The second-order valence-electron chi connectivity index (χ2n) is 6.52. The Hall–Kier alpha value is -0.700. The predicted octanol–water partition coefficient (Wildman–Crippen LogP) is 6.55. The van der Waals surface area contributed by atoms with E-state index in [1.807, 2.05) is 0 Å². The van der Waals surface area contributed by atoms with E-state index in [4.69, 9.17) is 11.6 Å². The van der Waals surface area contributed by atoms with E-state index < -0.39 is 0 Å². The van der Waals surface area contributed by atoms with Gasteiger partial charge in [-0.1, -0.05) is 90.4 Å². The van der Waals surface area contributed by atoms with Gasteiger partial charge in [-0.15, -0.1) is 0 Å². The highest BCUT2D eigenvalue weighted by Crippen LogP contribution is 2.13. The smallest absolute Gasteiger partial charge is 0.221 e. The van der Waals surface area contributed by atoms with Gasteiger partial charge in [0, 0.05) is 6.42 Å². The Morgan fingerprint density at radius 1 is 0.696 bits per heavy atom. The van der Waals surface area contributed by atoms with Gasteiger partial charge >= 0.3 is 0 Å². The minimum Gasteiger partial charge on any atom is -0.221 e. The Labute approximate surface area is 147 Å². The molecular weight excluding hydrogens is 306 g/mol. The summed E-state index contributed by atoms with van der Waals surface area (Å²) in [6, 6.07) is 0. The molecule has 0 aromatic carbocycles. The van der Waals surface area contributed by atoms with Crippen LogP contribution in [0.3, 0.4) is 0 Å². The van der Waals surface area contributed by atoms with E-state index in [-0.39, 0.29) is 0 Å². The lowest BCUT2D eigenvalue weighted by atomic mass is 10.0. The summed E-state index contributed by atoms with van der Waals surface area (Å²) in [6.07, 6.45) is 21.7. The van der Waals surface area contributed by atoms with Gasteiger partial charge in [0.2, 0.25) is 5.28 Å². The Balaban J connectivity index is 1.78. The Morgan fingerprint density at radius 3 is 1.65 bits per heavy atom. The van der Waals surface area contributed by atoms with Crippen LogP contribution in [0.1, 0.15) is 103 Å². The number of nitrogens with zero attached hydrogens (tertiary/aromatic N) is 3. The molecule has 0 N–H and O–H groups in total. The molecule has 0 fully saturated rings. The highest BCUT2D eigenvalue weighted by molar-refractivity contribution is 6.28. The minimum absolute atomic E-state index is 0.306. The Morgan fingerprint density at radius 2 is 1.17 bits per heavy atom. The summed E-state index contributed by atoms with van der Waals surface area (Å²) in [7, 11) is 0. The van der Waals surface area contributed by atoms with Gasteiger partial charge in [-0.25, -0.2) is 15.0 Å². The minimum atomic E-state index is 0.306. The summed E-state index contributed by atoms with van der Waals surface area (Å²) < 4.78 is 0. The molecule has 4 heteroatoms. The molecule has 0 aliphatic rings. The van der Waals surface area contributed by atoms with Gasteiger partial charge in [0.15, 0.2) is 0 Å². The van der Waals surface area contributed by atoms with Crippen molar-refractivity contribution in [2.45, 2.75) is 103 Å². The number of halogens is 1.